The largest absolute Gasteiger partial charge is 0.495 e. The number of fused-ring (bicyclic) bond motifs is 4. The minimum absolute atomic E-state index is 0.0208. The molecule has 1 aliphatic rings. The Labute approximate surface area is 218 Å². The number of ether oxygens (including phenoxy) is 2. The van der Waals surface area contributed by atoms with Crippen LogP contribution in [0.25, 0.3) is 31.7 Å². The molecule has 6 rings (SSSR count). The van der Waals surface area contributed by atoms with E-state index in [0.29, 0.717) is 44.5 Å². The van der Waals surface area contributed by atoms with Crippen LogP contribution in [0.1, 0.15) is 5.56 Å². The smallest absolute Gasteiger partial charge is 0.411 e. The van der Waals surface area contributed by atoms with E-state index >= 15 is 4.39 Å². The molecule has 1 atom stereocenters. The maximum Gasteiger partial charge on any atom is 0.411 e. The van der Waals surface area contributed by atoms with Gasteiger partial charge in [-0.2, -0.15) is 0 Å². The van der Waals surface area contributed by atoms with E-state index in [2.05, 4.69) is 9.97 Å². The van der Waals surface area contributed by atoms with Crippen molar-refractivity contribution in [1.82, 2.24) is 15.0 Å². The van der Waals surface area contributed by atoms with Crippen LogP contribution in [0.15, 0.2) is 55.0 Å². The molecular weight excluding hydrogens is 519 g/mol. The van der Waals surface area contributed by atoms with Gasteiger partial charge >= 0.3 is 6.09 Å². The molecule has 2 aromatic carbocycles. The van der Waals surface area contributed by atoms with Crippen molar-refractivity contribution in [3.63, 3.8) is 0 Å². The van der Waals surface area contributed by atoms with Gasteiger partial charge in [-0.1, -0.05) is 11.6 Å². The molecule has 0 saturated heterocycles. The Morgan fingerprint density at radius 3 is 2.95 bits per heavy atom. The number of nitrogens with zero attached hydrogens (tertiary/aromatic N) is 4. The number of benzene rings is 2. The highest BCUT2D eigenvalue weighted by atomic mass is 35.5. The Balaban J connectivity index is 1.38. The predicted molar refractivity (Wildman–Crippen MR) is 140 cm³/mol. The molecule has 4 heterocycles. The van der Waals surface area contributed by atoms with Crippen molar-refractivity contribution in [2.45, 2.75) is 12.5 Å². The maximum absolute atomic E-state index is 15.1. The van der Waals surface area contributed by atoms with Gasteiger partial charge in [-0.3, -0.25) is 14.9 Å². The summed E-state index contributed by atoms with van der Waals surface area (Å²) >= 11 is 7.80. The molecule has 0 bridgehead atoms. The number of rotatable bonds is 5. The molecule has 8 nitrogen and oxygen atoms in total. The van der Waals surface area contributed by atoms with Crippen LogP contribution in [0.5, 0.6) is 11.5 Å². The Morgan fingerprint density at radius 2 is 2.19 bits per heavy atom. The molecule has 0 radical (unpaired) electrons. The van der Waals surface area contributed by atoms with Gasteiger partial charge in [0.2, 0.25) is 0 Å². The third-order valence-corrected chi connectivity index (χ3v) is 7.54. The molecule has 0 unspecified atom stereocenters. The summed E-state index contributed by atoms with van der Waals surface area (Å²) in [5, 5.41) is 11.7. The van der Waals surface area contributed by atoms with Gasteiger partial charge in [0.1, 0.15) is 16.9 Å². The summed E-state index contributed by atoms with van der Waals surface area (Å²) in [5.41, 5.74) is 3.00. The Morgan fingerprint density at radius 1 is 1.32 bits per heavy atom. The van der Waals surface area contributed by atoms with Crippen LogP contribution in [0.4, 0.5) is 14.9 Å². The number of carboxylic acid groups (broad SMARTS) is 1. The van der Waals surface area contributed by atoms with Crippen LogP contribution in [0, 0.1) is 5.82 Å². The van der Waals surface area contributed by atoms with E-state index in [1.807, 2.05) is 6.07 Å². The molecule has 37 heavy (non-hydrogen) atoms. The molecule has 0 aliphatic carbocycles. The van der Waals surface area contributed by atoms with E-state index in [1.54, 1.807) is 43.8 Å². The molecule has 5 aromatic rings. The lowest BCUT2D eigenvalue weighted by atomic mass is 10.1. The highest BCUT2D eigenvalue weighted by Crippen LogP contribution is 2.44. The number of carbonyl (C=O) groups is 1. The number of amides is 1. The van der Waals surface area contributed by atoms with E-state index in [0.717, 1.165) is 20.5 Å². The lowest BCUT2D eigenvalue weighted by Crippen LogP contribution is -2.38. The second-order valence-electron chi connectivity index (χ2n) is 8.48. The molecule has 1 aliphatic heterocycles. The monoisotopic (exact) mass is 536 g/mol. The zero-order valence-electron chi connectivity index (χ0n) is 19.3. The van der Waals surface area contributed by atoms with E-state index in [-0.39, 0.29) is 12.3 Å². The molecule has 0 saturated carbocycles. The normalized spacial score (nSPS) is 14.5. The van der Waals surface area contributed by atoms with Crippen molar-refractivity contribution >= 4 is 55.8 Å². The molecule has 11 heteroatoms. The van der Waals surface area contributed by atoms with Crippen LogP contribution in [-0.4, -0.2) is 45.9 Å². The highest BCUT2D eigenvalue weighted by molar-refractivity contribution is 7.22. The SMILES string of the molecule is COc1cnc2c(-c3nc4cc(F)c5c(c4s3)C[C@H](CN(C(=O)O)c3cccnc3)O5)cc(Cl)cc2c1. The van der Waals surface area contributed by atoms with Gasteiger partial charge in [0.15, 0.2) is 11.6 Å². The minimum atomic E-state index is -1.14. The number of hydrogen-bond donors (Lipinski definition) is 1. The minimum Gasteiger partial charge on any atom is -0.495 e. The van der Waals surface area contributed by atoms with Gasteiger partial charge in [0, 0.05) is 40.2 Å². The average Bonchev–Trinajstić information content (AvgIpc) is 3.51. The first-order valence-corrected chi connectivity index (χ1v) is 12.4. The van der Waals surface area contributed by atoms with Gasteiger partial charge < -0.3 is 14.6 Å². The van der Waals surface area contributed by atoms with Crippen LogP contribution < -0.4 is 14.4 Å². The van der Waals surface area contributed by atoms with Crippen molar-refractivity contribution in [3.05, 3.63) is 71.4 Å². The summed E-state index contributed by atoms with van der Waals surface area (Å²) in [6.07, 6.45) is 3.27. The van der Waals surface area contributed by atoms with Crippen molar-refractivity contribution in [2.75, 3.05) is 18.6 Å². The summed E-state index contributed by atoms with van der Waals surface area (Å²) in [6, 6.07) is 10.1. The van der Waals surface area contributed by atoms with Crippen LogP contribution in [0.2, 0.25) is 5.02 Å². The van der Waals surface area contributed by atoms with Gasteiger partial charge in [-0.15, -0.1) is 11.3 Å². The summed E-state index contributed by atoms with van der Waals surface area (Å²) in [4.78, 5) is 26.3. The molecular formula is C26H18ClFN4O4S. The van der Waals surface area contributed by atoms with Gasteiger partial charge in [-0.05, 0) is 30.3 Å². The number of pyridine rings is 2. The Hall–Kier alpha value is -4.02. The van der Waals surface area contributed by atoms with E-state index in [9.17, 15) is 9.90 Å². The average molecular weight is 537 g/mol. The van der Waals surface area contributed by atoms with Crippen molar-refractivity contribution in [3.8, 4) is 22.1 Å². The molecule has 1 N–H and O–H groups in total. The molecule has 0 spiro atoms. The second kappa shape index (κ2) is 9.13. The fraction of sp³-hybridized carbons (Fsp3) is 0.154. The first-order chi connectivity index (χ1) is 17.9. The number of aromatic nitrogens is 3. The third-order valence-electron chi connectivity index (χ3n) is 6.16. The molecule has 1 amide bonds. The summed E-state index contributed by atoms with van der Waals surface area (Å²) < 4.78 is 27.0. The Kier molecular flexibility index (Phi) is 5.77. The van der Waals surface area contributed by atoms with Crippen molar-refractivity contribution < 1.29 is 23.8 Å². The van der Waals surface area contributed by atoms with Crippen molar-refractivity contribution in [2.24, 2.45) is 0 Å². The van der Waals surface area contributed by atoms with E-state index in [1.165, 1.54) is 23.6 Å². The second-order valence-corrected chi connectivity index (χ2v) is 9.92. The van der Waals surface area contributed by atoms with Gasteiger partial charge in [0.05, 0.1) is 47.5 Å². The highest BCUT2D eigenvalue weighted by Gasteiger charge is 2.32. The first kappa shape index (κ1) is 23.4. The fourth-order valence-electron chi connectivity index (χ4n) is 4.52. The lowest BCUT2D eigenvalue weighted by Gasteiger charge is -2.22. The van der Waals surface area contributed by atoms with Gasteiger partial charge in [-0.25, -0.2) is 14.2 Å². The van der Waals surface area contributed by atoms with E-state index in [4.69, 9.17) is 26.1 Å². The zero-order valence-corrected chi connectivity index (χ0v) is 20.9. The summed E-state index contributed by atoms with van der Waals surface area (Å²) in [5.74, 6) is 0.196. The van der Waals surface area contributed by atoms with Crippen LogP contribution >= 0.6 is 22.9 Å². The summed E-state index contributed by atoms with van der Waals surface area (Å²) in [6.45, 7) is 0.0208. The standard InChI is InChI=1S/C26H18ClFN4O4S/c1-35-16-6-13-5-14(27)7-18(22(13)30-11-16)25-31-21-9-20(28)23-19(24(21)37-25)8-17(36-23)12-32(26(33)34)15-3-2-4-29-10-15/h2-7,9-11,17H,8,12H2,1H3,(H,33,34)/t17-/m1/s1. The summed E-state index contributed by atoms with van der Waals surface area (Å²) in [7, 11) is 1.57. The number of anilines is 1. The maximum atomic E-state index is 15.1. The topological polar surface area (TPSA) is 97.7 Å². The molecule has 186 valence electrons. The molecule has 0 fully saturated rings. The fourth-order valence-corrected chi connectivity index (χ4v) is 5.86. The number of hydrogen-bond acceptors (Lipinski definition) is 7. The van der Waals surface area contributed by atoms with E-state index < -0.39 is 18.0 Å². The van der Waals surface area contributed by atoms with Crippen molar-refractivity contribution in [1.29, 1.82) is 0 Å². The third kappa shape index (κ3) is 4.17. The number of methoxy groups -OCH3 is 1. The van der Waals surface area contributed by atoms with Gasteiger partial charge in [0.25, 0.3) is 0 Å². The first-order valence-electron chi connectivity index (χ1n) is 11.2. The predicted octanol–water partition coefficient (Wildman–Crippen LogP) is 6.20. The number of halogens is 2. The number of thiazole rings is 1. The molecule has 3 aromatic heterocycles. The van der Waals surface area contributed by atoms with Crippen LogP contribution in [0.3, 0.4) is 0 Å². The quantitative estimate of drug-likeness (QED) is 0.286. The van der Waals surface area contributed by atoms with Crippen LogP contribution in [-0.2, 0) is 6.42 Å². The lowest BCUT2D eigenvalue weighted by molar-refractivity contribution is 0.190. The zero-order chi connectivity index (χ0) is 25.7. The Bertz CT molecular complexity index is 1680.